The summed E-state index contributed by atoms with van der Waals surface area (Å²) >= 11 is 0. The Morgan fingerprint density at radius 1 is 1.19 bits per heavy atom. The zero-order chi connectivity index (χ0) is 21.3. The van der Waals surface area contributed by atoms with Gasteiger partial charge in [-0.2, -0.15) is 13.2 Å². The Balaban J connectivity index is -0.000000405. The molecule has 0 unspecified atom stereocenters. The Morgan fingerprint density at radius 2 is 1.62 bits per heavy atom. The molecule has 1 aromatic rings. The molecule has 152 valence electrons. The predicted octanol–water partition coefficient (Wildman–Crippen LogP) is 3.94. The second-order valence-electron chi connectivity index (χ2n) is 4.30. The highest BCUT2D eigenvalue weighted by Crippen LogP contribution is 2.17. The summed E-state index contributed by atoms with van der Waals surface area (Å²) in [5.41, 5.74) is 0.905. The monoisotopic (exact) mass is 382 g/mol. The number of alkyl halides is 3. The molecule has 0 aliphatic rings. The van der Waals surface area contributed by atoms with Gasteiger partial charge in [0.05, 0.1) is 0 Å². The molecular weight excluding hydrogens is 354 g/mol. The molecule has 0 aliphatic heterocycles. The van der Waals surface area contributed by atoms with Gasteiger partial charge in [0.15, 0.2) is 11.6 Å². The van der Waals surface area contributed by atoms with E-state index in [2.05, 4.69) is 31.9 Å². The zero-order valence-electron chi connectivity index (χ0n) is 16.0. The van der Waals surface area contributed by atoms with Crippen LogP contribution in [0.25, 0.3) is 0 Å². The van der Waals surface area contributed by atoms with E-state index in [1.54, 1.807) is 6.07 Å². The van der Waals surface area contributed by atoms with Gasteiger partial charge in [-0.05, 0) is 37.7 Å². The first kappa shape index (κ1) is 28.7. The third kappa shape index (κ3) is 14.3. The molecule has 0 fully saturated rings. The highest BCUT2D eigenvalue weighted by Gasteiger charge is 2.28. The average molecular weight is 382 g/mol. The molecule has 0 aliphatic carbocycles. The number of aliphatic carboxylic acids is 1. The van der Waals surface area contributed by atoms with E-state index < -0.39 is 12.1 Å². The number of carboxylic acids is 1. The van der Waals surface area contributed by atoms with Crippen molar-refractivity contribution in [1.82, 2.24) is 4.90 Å². The first-order valence-electron chi connectivity index (χ1n) is 8.01. The Kier molecular flexibility index (Phi) is 18.1. The second-order valence-corrected chi connectivity index (χ2v) is 4.30. The summed E-state index contributed by atoms with van der Waals surface area (Å²) in [7, 11) is 0. The van der Waals surface area contributed by atoms with Gasteiger partial charge in [-0.25, -0.2) is 4.39 Å². The largest absolute Gasteiger partial charge is 0.542 e. The van der Waals surface area contributed by atoms with E-state index >= 15 is 0 Å². The first-order valence-corrected chi connectivity index (χ1v) is 8.01. The molecule has 0 amide bonds. The number of hydrogen-bond donors (Lipinski definition) is 0. The molecule has 0 spiro atoms. The number of nitrogens with zero attached hydrogens (tertiary/aromatic N) is 1. The molecule has 26 heavy (non-hydrogen) atoms. The molecule has 0 saturated carbocycles. The zero-order valence-corrected chi connectivity index (χ0v) is 16.0. The second kappa shape index (κ2) is 16.4. The van der Waals surface area contributed by atoms with E-state index in [9.17, 15) is 17.6 Å². The number of ether oxygens (including phenoxy) is 1. The van der Waals surface area contributed by atoms with Gasteiger partial charge in [0.1, 0.15) is 12.7 Å². The topological polar surface area (TPSA) is 52.6 Å². The molecule has 0 aromatic heterocycles. The number of halogens is 4. The molecule has 1 aromatic carbocycles. The number of hydrogen-bond acceptors (Lipinski definition) is 4. The van der Waals surface area contributed by atoms with Crippen LogP contribution < -0.4 is 9.84 Å². The van der Waals surface area contributed by atoms with Crippen molar-refractivity contribution in [3.63, 3.8) is 0 Å². The first-order chi connectivity index (χ1) is 12.1. The standard InChI is InChI=1S/C12H18FNO.C2HF3O2.C2H6.C2H4/c1-4-14(5-2)9-15-12-7-6-10(3)8-11(12)13;3-2(4,5)1(6)7;2*1-2/h6-8H,4-5,9H2,1-3H3;(H,6,7);1-2H3;1-2H2/p-1. The Morgan fingerprint density at radius 3 is 1.92 bits per heavy atom. The molecule has 0 N–H and O–H groups in total. The third-order valence-corrected chi connectivity index (χ3v) is 2.62. The van der Waals surface area contributed by atoms with Crippen LogP contribution in [0.15, 0.2) is 31.4 Å². The van der Waals surface area contributed by atoms with Crippen LogP contribution in [-0.2, 0) is 4.79 Å². The number of benzene rings is 1. The molecule has 0 radical (unpaired) electrons. The number of aryl methyl sites for hydroxylation is 1. The molecule has 8 heteroatoms. The molecule has 0 bridgehead atoms. The van der Waals surface area contributed by atoms with Gasteiger partial charge in [0.2, 0.25) is 0 Å². The van der Waals surface area contributed by atoms with Gasteiger partial charge < -0.3 is 14.6 Å². The van der Waals surface area contributed by atoms with Crippen molar-refractivity contribution in [3.05, 3.63) is 42.7 Å². The van der Waals surface area contributed by atoms with Crippen LogP contribution >= 0.6 is 0 Å². The van der Waals surface area contributed by atoms with Crippen molar-refractivity contribution < 1.29 is 32.2 Å². The average Bonchev–Trinajstić information content (AvgIpc) is 2.60. The number of rotatable bonds is 5. The van der Waals surface area contributed by atoms with Gasteiger partial charge >= 0.3 is 6.18 Å². The lowest BCUT2D eigenvalue weighted by Crippen LogP contribution is -2.37. The van der Waals surface area contributed by atoms with Crippen LogP contribution in [0, 0.1) is 12.7 Å². The van der Waals surface area contributed by atoms with Crippen molar-refractivity contribution in [2.75, 3.05) is 19.8 Å². The Bertz CT molecular complexity index is 490. The molecule has 4 nitrogen and oxygen atoms in total. The fourth-order valence-electron chi connectivity index (χ4n) is 1.29. The van der Waals surface area contributed by atoms with Gasteiger partial charge in [-0.15, -0.1) is 13.2 Å². The fourth-order valence-corrected chi connectivity index (χ4v) is 1.29. The lowest BCUT2D eigenvalue weighted by Gasteiger charge is -2.18. The van der Waals surface area contributed by atoms with Gasteiger partial charge in [0.25, 0.3) is 0 Å². The summed E-state index contributed by atoms with van der Waals surface area (Å²) in [5, 5.41) is 8.78. The highest BCUT2D eigenvalue weighted by molar-refractivity contribution is 5.70. The minimum Gasteiger partial charge on any atom is -0.542 e. The smallest absolute Gasteiger partial charge is 0.430 e. The van der Waals surface area contributed by atoms with E-state index in [4.69, 9.17) is 14.6 Å². The number of carboxylic acid groups (broad SMARTS) is 1. The minimum atomic E-state index is -5.19. The Labute approximate surface area is 153 Å². The molecular formula is C18H28F4NO3-. The van der Waals surface area contributed by atoms with E-state index in [0.29, 0.717) is 12.5 Å². The van der Waals surface area contributed by atoms with E-state index in [1.807, 2.05) is 26.8 Å². The third-order valence-electron chi connectivity index (χ3n) is 2.62. The summed E-state index contributed by atoms with van der Waals surface area (Å²) in [5.74, 6) is -2.97. The molecule has 0 heterocycles. The lowest BCUT2D eigenvalue weighted by atomic mass is 10.2. The number of carbonyl (C=O) groups excluding carboxylic acids is 1. The van der Waals surface area contributed by atoms with Crippen molar-refractivity contribution >= 4 is 5.97 Å². The summed E-state index contributed by atoms with van der Waals surface area (Å²) in [6.07, 6.45) is -5.19. The molecule has 1 rings (SSSR count). The Hall–Kier alpha value is -2.09. The van der Waals surface area contributed by atoms with Gasteiger partial charge in [-0.3, -0.25) is 4.90 Å². The van der Waals surface area contributed by atoms with Crippen LogP contribution in [0.1, 0.15) is 33.3 Å². The van der Waals surface area contributed by atoms with Crippen molar-refractivity contribution in [3.8, 4) is 5.75 Å². The van der Waals surface area contributed by atoms with E-state index in [1.165, 1.54) is 6.07 Å². The molecule has 0 saturated heterocycles. The van der Waals surface area contributed by atoms with Crippen LogP contribution in [0.5, 0.6) is 5.75 Å². The van der Waals surface area contributed by atoms with Gasteiger partial charge in [-0.1, -0.05) is 33.8 Å². The maximum Gasteiger partial charge on any atom is 0.430 e. The summed E-state index contributed by atoms with van der Waals surface area (Å²) < 4.78 is 50.3. The maximum absolute atomic E-state index is 13.4. The summed E-state index contributed by atoms with van der Waals surface area (Å²) in [6.45, 7) is 18.2. The van der Waals surface area contributed by atoms with Crippen LogP contribution in [0.2, 0.25) is 0 Å². The lowest BCUT2D eigenvalue weighted by molar-refractivity contribution is -0.344. The van der Waals surface area contributed by atoms with Crippen molar-refractivity contribution in [2.24, 2.45) is 0 Å². The van der Waals surface area contributed by atoms with Crippen molar-refractivity contribution in [1.29, 1.82) is 0 Å². The van der Waals surface area contributed by atoms with Gasteiger partial charge in [0, 0.05) is 0 Å². The van der Waals surface area contributed by atoms with Crippen LogP contribution in [0.3, 0.4) is 0 Å². The number of carbonyl (C=O) groups is 1. The van der Waals surface area contributed by atoms with E-state index in [0.717, 1.165) is 18.7 Å². The van der Waals surface area contributed by atoms with Crippen molar-refractivity contribution in [2.45, 2.75) is 40.8 Å². The molecule has 0 atom stereocenters. The normalized spacial score (nSPS) is 9.62. The fraction of sp³-hybridized carbons (Fsp3) is 0.500. The van der Waals surface area contributed by atoms with Crippen LogP contribution in [-0.4, -0.2) is 36.9 Å². The summed E-state index contributed by atoms with van der Waals surface area (Å²) in [6, 6.07) is 5.01. The SMILES string of the molecule is C=C.CC.CCN(CC)COc1ccc(C)cc1F.O=C([O-])C(F)(F)F. The maximum atomic E-state index is 13.4. The highest BCUT2D eigenvalue weighted by atomic mass is 19.4. The van der Waals surface area contributed by atoms with E-state index in [-0.39, 0.29) is 5.82 Å². The van der Waals surface area contributed by atoms with Crippen LogP contribution in [0.4, 0.5) is 17.6 Å². The summed E-state index contributed by atoms with van der Waals surface area (Å²) in [4.78, 5) is 10.9. The quantitative estimate of drug-likeness (QED) is 0.440. The predicted molar refractivity (Wildman–Crippen MR) is 93.2 cm³/mol. The minimum absolute atomic E-state index is 0.290.